The van der Waals surface area contributed by atoms with E-state index in [4.69, 9.17) is 0 Å². The number of urea groups is 1. The number of hydrogen-bond acceptors (Lipinski definition) is 3. The largest absolute Gasteiger partial charge is 0.326 e. The molecule has 1 aliphatic heterocycles. The van der Waals surface area contributed by atoms with Crippen LogP contribution >= 0.6 is 0 Å². The third kappa shape index (κ3) is 2.92. The summed E-state index contributed by atoms with van der Waals surface area (Å²) in [5, 5.41) is 2.76. The van der Waals surface area contributed by atoms with Crippen molar-refractivity contribution in [2.75, 3.05) is 6.54 Å². The zero-order valence-corrected chi connectivity index (χ0v) is 11.3. The molecule has 0 aromatic carbocycles. The minimum absolute atomic E-state index is 0.108. The molecule has 1 aromatic rings. The number of amides is 3. The molecule has 19 heavy (non-hydrogen) atoms. The molecule has 1 fully saturated rings. The van der Waals surface area contributed by atoms with Crippen molar-refractivity contribution < 1.29 is 9.59 Å². The number of rotatable bonds is 5. The zero-order chi connectivity index (χ0) is 13.8. The standard InChI is InChI=1S/C14H19N3O2/c1-3-10(2)12-13(18)17(14(19)16-12)8-6-11-5-4-7-15-9-11/h4-5,7,9-10,12H,3,6,8H2,1-2H3,(H,16,19)/t10-,12-/m0/s1. The third-order valence-electron chi connectivity index (χ3n) is 3.62. The second kappa shape index (κ2) is 5.82. The van der Waals surface area contributed by atoms with E-state index in [0.29, 0.717) is 13.0 Å². The summed E-state index contributed by atoms with van der Waals surface area (Å²) in [6.45, 7) is 4.40. The molecule has 1 N–H and O–H groups in total. The number of nitrogens with one attached hydrogen (secondary N) is 1. The fraction of sp³-hybridized carbons (Fsp3) is 0.500. The van der Waals surface area contributed by atoms with Gasteiger partial charge in [0, 0.05) is 18.9 Å². The molecule has 102 valence electrons. The maximum atomic E-state index is 12.2. The van der Waals surface area contributed by atoms with Crippen LogP contribution in [0.15, 0.2) is 24.5 Å². The van der Waals surface area contributed by atoms with Crippen molar-refractivity contribution in [2.24, 2.45) is 5.92 Å². The molecule has 5 heteroatoms. The Labute approximate surface area is 113 Å². The van der Waals surface area contributed by atoms with Crippen LogP contribution in [0.5, 0.6) is 0 Å². The van der Waals surface area contributed by atoms with E-state index in [9.17, 15) is 9.59 Å². The Morgan fingerprint density at radius 2 is 2.26 bits per heavy atom. The Morgan fingerprint density at radius 3 is 2.89 bits per heavy atom. The van der Waals surface area contributed by atoms with Gasteiger partial charge in [-0.1, -0.05) is 26.3 Å². The van der Waals surface area contributed by atoms with Crippen LogP contribution in [-0.4, -0.2) is 34.4 Å². The average Bonchev–Trinajstić information content (AvgIpc) is 2.72. The van der Waals surface area contributed by atoms with Crippen LogP contribution < -0.4 is 5.32 Å². The molecule has 1 aliphatic rings. The summed E-state index contributed by atoms with van der Waals surface area (Å²) >= 11 is 0. The molecule has 0 aliphatic carbocycles. The first-order chi connectivity index (χ1) is 9.13. The summed E-state index contributed by atoms with van der Waals surface area (Å²) in [6.07, 6.45) is 4.97. The van der Waals surface area contributed by atoms with E-state index < -0.39 is 0 Å². The lowest BCUT2D eigenvalue weighted by Gasteiger charge is -2.16. The quantitative estimate of drug-likeness (QED) is 0.819. The molecule has 1 aromatic heterocycles. The SMILES string of the molecule is CC[C@H](C)[C@@H]1NC(=O)N(CCc2cccnc2)C1=O. The number of imide groups is 1. The fourth-order valence-corrected chi connectivity index (χ4v) is 2.16. The number of hydrogen-bond donors (Lipinski definition) is 1. The van der Waals surface area contributed by atoms with Gasteiger partial charge in [0.15, 0.2) is 0 Å². The van der Waals surface area contributed by atoms with Crippen molar-refractivity contribution in [3.63, 3.8) is 0 Å². The van der Waals surface area contributed by atoms with Gasteiger partial charge in [0.05, 0.1) is 0 Å². The topological polar surface area (TPSA) is 62.3 Å². The summed E-state index contributed by atoms with van der Waals surface area (Å²) in [5.74, 6) is 0.0584. The van der Waals surface area contributed by atoms with Gasteiger partial charge in [-0.05, 0) is 24.0 Å². The van der Waals surface area contributed by atoms with Crippen LogP contribution in [0.1, 0.15) is 25.8 Å². The molecule has 2 heterocycles. The molecule has 3 amide bonds. The van der Waals surface area contributed by atoms with Gasteiger partial charge in [-0.2, -0.15) is 0 Å². The Balaban J connectivity index is 1.97. The van der Waals surface area contributed by atoms with Crippen LogP contribution in [-0.2, 0) is 11.2 Å². The Bertz CT molecular complexity index is 461. The molecule has 1 saturated heterocycles. The van der Waals surface area contributed by atoms with Crippen molar-refractivity contribution in [2.45, 2.75) is 32.7 Å². The molecule has 2 rings (SSSR count). The lowest BCUT2D eigenvalue weighted by molar-refractivity contribution is -0.128. The zero-order valence-electron chi connectivity index (χ0n) is 11.3. The van der Waals surface area contributed by atoms with E-state index in [1.54, 1.807) is 12.4 Å². The molecule has 0 bridgehead atoms. The second-order valence-electron chi connectivity index (χ2n) is 4.91. The van der Waals surface area contributed by atoms with Crippen molar-refractivity contribution in [1.29, 1.82) is 0 Å². The first kappa shape index (κ1) is 13.5. The van der Waals surface area contributed by atoms with Crippen molar-refractivity contribution in [1.82, 2.24) is 15.2 Å². The van der Waals surface area contributed by atoms with Crippen LogP contribution in [0, 0.1) is 5.92 Å². The summed E-state index contributed by atoms with van der Waals surface area (Å²) in [6, 6.07) is 3.14. The van der Waals surface area contributed by atoms with Crippen molar-refractivity contribution >= 4 is 11.9 Å². The average molecular weight is 261 g/mol. The maximum absolute atomic E-state index is 12.2. The monoisotopic (exact) mass is 261 g/mol. The van der Waals surface area contributed by atoms with Gasteiger partial charge in [0.2, 0.25) is 0 Å². The van der Waals surface area contributed by atoms with E-state index >= 15 is 0 Å². The highest BCUT2D eigenvalue weighted by Gasteiger charge is 2.39. The van der Waals surface area contributed by atoms with E-state index in [2.05, 4.69) is 10.3 Å². The van der Waals surface area contributed by atoms with E-state index in [1.807, 2.05) is 26.0 Å². The summed E-state index contributed by atoms with van der Waals surface area (Å²) in [4.78, 5) is 29.3. The molecule has 0 spiro atoms. The molecule has 0 saturated carbocycles. The Hall–Kier alpha value is -1.91. The highest BCUT2D eigenvalue weighted by molar-refractivity contribution is 6.04. The lowest BCUT2D eigenvalue weighted by atomic mass is 9.99. The molecule has 0 radical (unpaired) electrons. The highest BCUT2D eigenvalue weighted by Crippen LogP contribution is 2.17. The summed E-state index contributed by atoms with van der Waals surface area (Å²) in [7, 11) is 0. The van der Waals surface area contributed by atoms with Crippen molar-refractivity contribution in [3.05, 3.63) is 30.1 Å². The molecule has 2 atom stereocenters. The number of nitrogens with zero attached hydrogens (tertiary/aromatic N) is 2. The van der Waals surface area contributed by atoms with Gasteiger partial charge in [-0.15, -0.1) is 0 Å². The minimum Gasteiger partial charge on any atom is -0.326 e. The van der Waals surface area contributed by atoms with Gasteiger partial charge in [-0.25, -0.2) is 4.79 Å². The second-order valence-corrected chi connectivity index (χ2v) is 4.91. The normalized spacial score (nSPS) is 20.5. The predicted molar refractivity (Wildman–Crippen MR) is 71.4 cm³/mol. The summed E-state index contributed by atoms with van der Waals surface area (Å²) in [5.41, 5.74) is 1.02. The Kier molecular flexibility index (Phi) is 4.14. The van der Waals surface area contributed by atoms with Gasteiger partial charge in [0.1, 0.15) is 6.04 Å². The minimum atomic E-state index is -0.369. The molecule has 5 nitrogen and oxygen atoms in total. The number of carbonyl (C=O) groups excluding carboxylic acids is 2. The van der Waals surface area contributed by atoms with Crippen molar-refractivity contribution in [3.8, 4) is 0 Å². The third-order valence-corrected chi connectivity index (χ3v) is 3.62. The Morgan fingerprint density at radius 1 is 1.47 bits per heavy atom. The van der Waals surface area contributed by atoms with Crippen LogP contribution in [0.25, 0.3) is 0 Å². The van der Waals surface area contributed by atoms with Crippen LogP contribution in [0.4, 0.5) is 4.79 Å². The van der Waals surface area contributed by atoms with Gasteiger partial charge in [0.25, 0.3) is 5.91 Å². The number of pyridine rings is 1. The maximum Gasteiger partial charge on any atom is 0.324 e. The van der Waals surface area contributed by atoms with E-state index in [-0.39, 0.29) is 23.9 Å². The number of carbonyl (C=O) groups is 2. The lowest BCUT2D eigenvalue weighted by Crippen LogP contribution is -2.36. The van der Waals surface area contributed by atoms with Gasteiger partial charge in [-0.3, -0.25) is 14.7 Å². The van der Waals surface area contributed by atoms with Crippen LogP contribution in [0.3, 0.4) is 0 Å². The molecule has 0 unspecified atom stereocenters. The fourth-order valence-electron chi connectivity index (χ4n) is 2.16. The smallest absolute Gasteiger partial charge is 0.324 e. The first-order valence-electron chi connectivity index (χ1n) is 6.64. The number of aromatic nitrogens is 1. The molecular formula is C14H19N3O2. The molecular weight excluding hydrogens is 242 g/mol. The van der Waals surface area contributed by atoms with Gasteiger partial charge >= 0.3 is 6.03 Å². The van der Waals surface area contributed by atoms with Gasteiger partial charge < -0.3 is 5.32 Å². The predicted octanol–water partition coefficient (Wildman–Crippen LogP) is 1.59. The van der Waals surface area contributed by atoms with E-state index in [0.717, 1.165) is 12.0 Å². The van der Waals surface area contributed by atoms with Crippen LogP contribution in [0.2, 0.25) is 0 Å². The van der Waals surface area contributed by atoms with E-state index in [1.165, 1.54) is 4.90 Å². The summed E-state index contributed by atoms with van der Waals surface area (Å²) < 4.78 is 0. The first-order valence-corrected chi connectivity index (χ1v) is 6.64. The highest BCUT2D eigenvalue weighted by atomic mass is 16.2.